The van der Waals surface area contributed by atoms with Gasteiger partial charge in [0.05, 0.1) is 66.1 Å². The van der Waals surface area contributed by atoms with E-state index < -0.39 is 12.5 Å². The van der Waals surface area contributed by atoms with E-state index in [4.69, 9.17) is 49.8 Å². The van der Waals surface area contributed by atoms with Gasteiger partial charge in [-0.2, -0.15) is 0 Å². The molecule has 358 valence electrons. The van der Waals surface area contributed by atoms with Crippen LogP contribution < -0.4 is 27.4 Å². The molecule has 1 aromatic rings. The monoisotopic (exact) mass is 867 g/mol. The van der Waals surface area contributed by atoms with Gasteiger partial charge in [-0.15, -0.1) is 0 Å². The van der Waals surface area contributed by atoms with Crippen molar-refractivity contribution in [1.29, 1.82) is 0 Å². The summed E-state index contributed by atoms with van der Waals surface area (Å²) in [4.78, 5) is 46.3. The van der Waals surface area contributed by atoms with Crippen molar-refractivity contribution in [2.45, 2.75) is 102 Å². The molecule has 0 fully saturated rings. The molecule has 0 spiro atoms. The molecule has 0 aliphatic rings. The van der Waals surface area contributed by atoms with Crippen molar-refractivity contribution in [1.82, 2.24) is 16.0 Å². The zero-order valence-corrected chi connectivity index (χ0v) is 39.7. The topological polar surface area (TPSA) is 244 Å². The van der Waals surface area contributed by atoms with Crippen molar-refractivity contribution in [3.8, 4) is 0 Å². The first-order chi connectivity index (χ1) is 29.2. The summed E-state index contributed by atoms with van der Waals surface area (Å²) in [6.07, 6.45) is 3.66. The van der Waals surface area contributed by atoms with Crippen molar-refractivity contribution >= 4 is 30.0 Å². The molecule has 8 N–H and O–H groups in total. The number of nitrogens with one attached hydrogen (secondary N) is 3. The Balaban J connectivity index is -0.000000181. The molecule has 17 heteroatoms. The van der Waals surface area contributed by atoms with Gasteiger partial charge >= 0.3 is 0 Å². The minimum absolute atomic E-state index is 0.132. The number of nitrogens with zero attached hydrogens (tertiary/aromatic N) is 1. The lowest BCUT2D eigenvalue weighted by Crippen LogP contribution is -2.33. The highest BCUT2D eigenvalue weighted by atomic mass is 16.6. The minimum Gasteiger partial charge on any atom is -0.387 e. The first-order valence-electron chi connectivity index (χ1n) is 21.5. The number of carbonyl (C=O) groups is 4. The van der Waals surface area contributed by atoms with E-state index in [0.717, 1.165) is 32.1 Å². The number of carbonyl (C=O) groups excluding carboxylic acids is 4. The van der Waals surface area contributed by atoms with Crippen LogP contribution >= 0.6 is 0 Å². The number of ether oxygens (including phenoxy) is 6. The number of aldehydes is 1. The summed E-state index contributed by atoms with van der Waals surface area (Å²) in [7, 11) is 0. The largest absolute Gasteiger partial charge is 0.387 e. The number of nitrogens with two attached hydrogens (primary N) is 2. The smallest absolute Gasteiger partial charge is 0.246 e. The van der Waals surface area contributed by atoms with Crippen LogP contribution in [0.4, 0.5) is 0 Å². The van der Waals surface area contributed by atoms with E-state index in [-0.39, 0.29) is 31.0 Å². The van der Waals surface area contributed by atoms with E-state index in [9.17, 15) is 14.4 Å². The van der Waals surface area contributed by atoms with Gasteiger partial charge in [-0.3, -0.25) is 19.4 Å². The number of hydrogen-bond acceptors (Lipinski definition) is 12. The van der Waals surface area contributed by atoms with Crippen molar-refractivity contribution in [2.75, 3.05) is 112 Å². The quantitative estimate of drug-likeness (QED) is 0.0300. The van der Waals surface area contributed by atoms with Gasteiger partial charge in [0.1, 0.15) is 26.1 Å². The fourth-order valence-electron chi connectivity index (χ4n) is 3.08. The molecular formula is C43H90N6O11. The van der Waals surface area contributed by atoms with E-state index >= 15 is 0 Å². The highest BCUT2D eigenvalue weighted by molar-refractivity contribution is 5.79. The standard InChI is InChI=1S/C22H43N3O10.C7H8.C4H11N3.C2H4O.4C2H6/c1-2-3-4-23-21(28)18-35-19-22(29)25-6-8-31-10-12-33-14-16-34-15-13-32-11-9-30-7-5-24-20(27)17-26;1-7-5-3-2-4-6-7;1-2-3-7-4(5)6;1-2-3;4*1-2/h26H,2-19H2,1H3,(H,23,28)(H,24,27)(H,25,29);2-6H,1H3;2-3H2,1H3,(H4,5,6,7);2H,1H3;4*1-2H3. The molecule has 60 heavy (non-hydrogen) atoms. The summed E-state index contributed by atoms with van der Waals surface area (Å²) in [5, 5.41) is 16.4. The highest BCUT2D eigenvalue weighted by Crippen LogP contribution is 1.92. The average molecular weight is 867 g/mol. The Morgan fingerprint density at radius 3 is 1.23 bits per heavy atom. The Labute approximate surface area is 364 Å². The Morgan fingerprint density at radius 1 is 0.600 bits per heavy atom. The minimum atomic E-state index is -0.524. The van der Waals surface area contributed by atoms with E-state index in [1.807, 2.05) is 87.4 Å². The zero-order valence-electron chi connectivity index (χ0n) is 39.7. The Hall–Kier alpha value is -3.71. The summed E-state index contributed by atoms with van der Waals surface area (Å²) in [5.41, 5.74) is 11.3. The lowest BCUT2D eigenvalue weighted by atomic mass is 10.2. The van der Waals surface area contributed by atoms with Crippen LogP contribution in [0.15, 0.2) is 35.3 Å². The van der Waals surface area contributed by atoms with Crippen molar-refractivity contribution in [3.05, 3.63) is 35.9 Å². The highest BCUT2D eigenvalue weighted by Gasteiger charge is 2.04. The Morgan fingerprint density at radius 2 is 0.950 bits per heavy atom. The van der Waals surface area contributed by atoms with Crippen molar-refractivity contribution < 1.29 is 52.7 Å². The molecule has 0 aliphatic carbocycles. The second-order valence-corrected chi connectivity index (χ2v) is 10.3. The maximum absolute atomic E-state index is 11.6. The molecule has 1 aromatic carbocycles. The molecule has 1 rings (SSSR count). The number of unbranched alkanes of at least 4 members (excludes halogenated alkanes) is 1. The second kappa shape index (κ2) is 72.9. The molecule has 0 bridgehead atoms. The number of amides is 3. The van der Waals surface area contributed by atoms with Crippen LogP contribution in [-0.4, -0.2) is 147 Å². The van der Waals surface area contributed by atoms with Gasteiger partial charge in [0.25, 0.3) is 0 Å². The fraction of sp³-hybridized carbons (Fsp3) is 0.744. The van der Waals surface area contributed by atoms with Crippen LogP contribution in [0, 0.1) is 6.92 Å². The Kier molecular flexibility index (Phi) is 86.0. The molecule has 0 aromatic heterocycles. The third-order valence-corrected chi connectivity index (χ3v) is 5.55. The van der Waals surface area contributed by atoms with Gasteiger partial charge in [-0.1, -0.05) is 112 Å². The number of aliphatic hydroxyl groups excluding tert-OH is 1. The summed E-state index contributed by atoms with van der Waals surface area (Å²) >= 11 is 0. The van der Waals surface area contributed by atoms with Gasteiger partial charge in [-0.05, 0) is 26.7 Å². The molecule has 0 radical (unpaired) electrons. The van der Waals surface area contributed by atoms with Gasteiger partial charge in [-0.25, -0.2) is 0 Å². The maximum atomic E-state index is 11.6. The molecular weight excluding hydrogens is 777 g/mol. The van der Waals surface area contributed by atoms with Crippen LogP contribution in [0.3, 0.4) is 0 Å². The lowest BCUT2D eigenvalue weighted by molar-refractivity contribution is -0.131. The second-order valence-electron chi connectivity index (χ2n) is 10.3. The van der Waals surface area contributed by atoms with Crippen LogP contribution in [0.5, 0.6) is 0 Å². The van der Waals surface area contributed by atoms with E-state index in [1.165, 1.54) is 12.5 Å². The molecule has 0 unspecified atom stereocenters. The normalized spacial score (nSPS) is 8.88. The predicted octanol–water partition coefficient (Wildman–Crippen LogP) is 4.20. The van der Waals surface area contributed by atoms with Gasteiger partial charge in [0.2, 0.25) is 17.7 Å². The average Bonchev–Trinajstić information content (AvgIpc) is 3.27. The van der Waals surface area contributed by atoms with E-state index in [0.29, 0.717) is 85.7 Å². The first-order valence-corrected chi connectivity index (χ1v) is 21.5. The van der Waals surface area contributed by atoms with Crippen LogP contribution in [0.1, 0.15) is 101 Å². The van der Waals surface area contributed by atoms with Crippen molar-refractivity contribution in [3.63, 3.8) is 0 Å². The number of aliphatic hydroxyl groups is 1. The number of hydrogen-bond donors (Lipinski definition) is 6. The van der Waals surface area contributed by atoms with Gasteiger partial charge in [0.15, 0.2) is 5.96 Å². The number of aryl methyl sites for hydroxylation is 1. The lowest BCUT2D eigenvalue weighted by Gasteiger charge is -2.09. The van der Waals surface area contributed by atoms with Crippen LogP contribution in [0.2, 0.25) is 0 Å². The summed E-state index contributed by atoms with van der Waals surface area (Å²) in [6, 6.07) is 10.3. The molecule has 0 saturated carbocycles. The number of rotatable bonds is 28. The van der Waals surface area contributed by atoms with E-state index in [1.54, 1.807) is 0 Å². The molecule has 3 amide bonds. The molecule has 0 aliphatic heterocycles. The number of benzene rings is 1. The fourth-order valence-corrected chi connectivity index (χ4v) is 3.08. The summed E-state index contributed by atoms with van der Waals surface area (Å²) in [5.74, 6) is -0.773. The zero-order chi connectivity index (χ0) is 47.3. The van der Waals surface area contributed by atoms with Crippen LogP contribution in [0.25, 0.3) is 0 Å². The molecule has 0 atom stereocenters. The maximum Gasteiger partial charge on any atom is 0.246 e. The van der Waals surface area contributed by atoms with Crippen molar-refractivity contribution in [2.24, 2.45) is 16.5 Å². The first kappa shape index (κ1) is 70.8. The number of aliphatic imine (C=N–C) groups is 1. The third kappa shape index (κ3) is 82.3. The number of guanidine groups is 1. The van der Waals surface area contributed by atoms with Gasteiger partial charge in [0, 0.05) is 26.2 Å². The van der Waals surface area contributed by atoms with E-state index in [2.05, 4.69) is 40.0 Å². The molecule has 17 nitrogen and oxygen atoms in total. The van der Waals surface area contributed by atoms with Gasteiger partial charge < -0.3 is 65.7 Å². The third-order valence-electron chi connectivity index (χ3n) is 5.55. The van der Waals surface area contributed by atoms with Crippen LogP contribution in [-0.2, 0) is 47.6 Å². The SMILES string of the molecule is CC.CC.CC.CC.CC=O.CCCCNC(=O)COCC(=O)NCCOCCOCCOCCOCCOCCNC(=O)CO.CCCN=C(N)N.Cc1ccccc1. The Bertz CT molecular complexity index is 976. The molecule has 0 saturated heterocycles. The summed E-state index contributed by atoms with van der Waals surface area (Å²) < 4.78 is 31.8. The molecule has 0 heterocycles. The summed E-state index contributed by atoms with van der Waals surface area (Å²) in [6.45, 7) is 28.9. The predicted molar refractivity (Wildman–Crippen MR) is 245 cm³/mol.